The van der Waals surface area contributed by atoms with E-state index in [1.807, 2.05) is 71.6 Å². The molecule has 1 saturated heterocycles. The van der Waals surface area contributed by atoms with Crippen LogP contribution >= 0.6 is 0 Å². The average Bonchev–Trinajstić information content (AvgIpc) is 2.80. The zero-order chi connectivity index (χ0) is 21.6. The molecule has 160 valence electrons. The van der Waals surface area contributed by atoms with E-state index in [-0.39, 0.29) is 11.8 Å². The fraction of sp³-hybridized carbons (Fsp3) is 0.280. The third-order valence-corrected chi connectivity index (χ3v) is 5.65. The summed E-state index contributed by atoms with van der Waals surface area (Å²) in [6.07, 6.45) is 0.360. The Bertz CT molecular complexity index is 1070. The van der Waals surface area contributed by atoms with Gasteiger partial charge in [0, 0.05) is 37.3 Å². The van der Waals surface area contributed by atoms with Gasteiger partial charge < -0.3 is 15.0 Å². The molecule has 0 atom stereocenters. The smallest absolute Gasteiger partial charge is 0.238 e. The van der Waals surface area contributed by atoms with Gasteiger partial charge >= 0.3 is 0 Å². The molecule has 6 nitrogen and oxygen atoms in total. The van der Waals surface area contributed by atoms with Crippen molar-refractivity contribution in [3.05, 3.63) is 72.3 Å². The first-order valence-corrected chi connectivity index (χ1v) is 10.5. The maximum Gasteiger partial charge on any atom is 0.238 e. The van der Waals surface area contributed by atoms with Crippen molar-refractivity contribution in [3.63, 3.8) is 0 Å². The summed E-state index contributed by atoms with van der Waals surface area (Å²) < 4.78 is 5.23. The van der Waals surface area contributed by atoms with Crippen LogP contribution in [0.3, 0.4) is 0 Å². The molecular formula is C25H27N3O3. The van der Waals surface area contributed by atoms with Crippen LogP contribution in [0.15, 0.2) is 66.7 Å². The van der Waals surface area contributed by atoms with Gasteiger partial charge in [-0.25, -0.2) is 0 Å². The zero-order valence-electron chi connectivity index (χ0n) is 17.7. The van der Waals surface area contributed by atoms with Gasteiger partial charge in [0.1, 0.15) is 5.75 Å². The lowest BCUT2D eigenvalue weighted by Gasteiger charge is -2.34. The summed E-state index contributed by atoms with van der Waals surface area (Å²) in [4.78, 5) is 29.2. The maximum atomic E-state index is 12.6. The molecule has 3 aromatic rings. The number of amides is 2. The van der Waals surface area contributed by atoms with Gasteiger partial charge in [0.25, 0.3) is 0 Å². The summed E-state index contributed by atoms with van der Waals surface area (Å²) in [6, 6.07) is 21.5. The lowest BCUT2D eigenvalue weighted by atomic mass is 10.1. The number of piperazine rings is 1. The van der Waals surface area contributed by atoms with E-state index in [1.165, 1.54) is 0 Å². The fourth-order valence-corrected chi connectivity index (χ4v) is 3.95. The van der Waals surface area contributed by atoms with Crippen molar-refractivity contribution in [2.24, 2.45) is 0 Å². The highest BCUT2D eigenvalue weighted by molar-refractivity contribution is 6.02. The molecule has 1 heterocycles. The molecule has 1 N–H and O–H groups in total. The van der Waals surface area contributed by atoms with Crippen molar-refractivity contribution in [2.75, 3.05) is 45.2 Å². The summed E-state index contributed by atoms with van der Waals surface area (Å²) in [5.74, 6) is 0.827. The van der Waals surface area contributed by atoms with Crippen molar-refractivity contribution in [1.82, 2.24) is 9.80 Å². The van der Waals surface area contributed by atoms with E-state index in [0.29, 0.717) is 39.1 Å². The van der Waals surface area contributed by atoms with Gasteiger partial charge in [0.05, 0.1) is 20.1 Å². The predicted octanol–water partition coefficient (Wildman–Crippen LogP) is 3.17. The SMILES string of the molecule is COc1cccc(CC(=O)N2CCN(CC(=O)Nc3cccc4ccccc34)CC2)c1. The van der Waals surface area contributed by atoms with Gasteiger partial charge in [0.15, 0.2) is 0 Å². The molecule has 1 aliphatic heterocycles. The Morgan fingerprint density at radius 2 is 1.68 bits per heavy atom. The summed E-state index contributed by atoms with van der Waals surface area (Å²) in [6.45, 7) is 2.95. The van der Waals surface area contributed by atoms with E-state index < -0.39 is 0 Å². The summed E-state index contributed by atoms with van der Waals surface area (Å²) in [7, 11) is 1.62. The zero-order valence-corrected chi connectivity index (χ0v) is 17.7. The quantitative estimate of drug-likeness (QED) is 0.669. The van der Waals surface area contributed by atoms with Crippen LogP contribution in [0.2, 0.25) is 0 Å². The highest BCUT2D eigenvalue weighted by Gasteiger charge is 2.22. The van der Waals surface area contributed by atoms with E-state index >= 15 is 0 Å². The second-order valence-corrected chi connectivity index (χ2v) is 7.76. The average molecular weight is 418 g/mol. The molecule has 1 fully saturated rings. The number of rotatable bonds is 6. The largest absolute Gasteiger partial charge is 0.497 e. The van der Waals surface area contributed by atoms with Crippen molar-refractivity contribution >= 4 is 28.3 Å². The molecule has 6 heteroatoms. The number of anilines is 1. The first kappa shape index (κ1) is 20.9. The minimum absolute atomic E-state index is 0.0347. The van der Waals surface area contributed by atoms with Crippen LogP contribution in [0.4, 0.5) is 5.69 Å². The molecule has 31 heavy (non-hydrogen) atoms. The number of carbonyl (C=O) groups is 2. The highest BCUT2D eigenvalue weighted by atomic mass is 16.5. The molecule has 0 saturated carbocycles. The van der Waals surface area contributed by atoms with Gasteiger partial charge in [0.2, 0.25) is 11.8 Å². The Kier molecular flexibility index (Phi) is 6.48. The van der Waals surface area contributed by atoms with Gasteiger partial charge in [-0.2, -0.15) is 0 Å². The van der Waals surface area contributed by atoms with Crippen LogP contribution in [0, 0.1) is 0 Å². The normalized spacial score (nSPS) is 14.4. The molecule has 0 bridgehead atoms. The van der Waals surface area contributed by atoms with Crippen molar-refractivity contribution in [3.8, 4) is 5.75 Å². The molecule has 3 aromatic carbocycles. The third kappa shape index (κ3) is 5.22. The number of methoxy groups -OCH3 is 1. The van der Waals surface area contributed by atoms with Crippen molar-refractivity contribution in [1.29, 1.82) is 0 Å². The van der Waals surface area contributed by atoms with E-state index in [4.69, 9.17) is 4.74 Å². The second-order valence-electron chi connectivity index (χ2n) is 7.76. The van der Waals surface area contributed by atoms with Crippen LogP contribution in [0.1, 0.15) is 5.56 Å². The van der Waals surface area contributed by atoms with E-state index in [9.17, 15) is 9.59 Å². The van der Waals surface area contributed by atoms with Gasteiger partial charge in [-0.15, -0.1) is 0 Å². The molecule has 0 spiro atoms. The number of hydrogen-bond acceptors (Lipinski definition) is 4. The lowest BCUT2D eigenvalue weighted by Crippen LogP contribution is -2.50. The number of carbonyl (C=O) groups excluding carboxylic acids is 2. The van der Waals surface area contributed by atoms with Gasteiger partial charge in [-0.05, 0) is 29.1 Å². The Morgan fingerprint density at radius 3 is 2.48 bits per heavy atom. The Hall–Kier alpha value is -3.38. The summed E-state index contributed by atoms with van der Waals surface area (Å²) >= 11 is 0. The van der Waals surface area contributed by atoms with E-state index in [0.717, 1.165) is 27.8 Å². The van der Waals surface area contributed by atoms with Crippen molar-refractivity contribution in [2.45, 2.75) is 6.42 Å². The molecule has 2 amide bonds. The highest BCUT2D eigenvalue weighted by Crippen LogP contribution is 2.23. The Labute approximate surface area is 182 Å². The van der Waals surface area contributed by atoms with E-state index in [2.05, 4.69) is 10.2 Å². The molecule has 0 aromatic heterocycles. The minimum Gasteiger partial charge on any atom is -0.497 e. The molecule has 0 aliphatic carbocycles. The monoisotopic (exact) mass is 417 g/mol. The third-order valence-electron chi connectivity index (χ3n) is 5.65. The number of hydrogen-bond donors (Lipinski definition) is 1. The molecule has 1 aliphatic rings. The first-order valence-electron chi connectivity index (χ1n) is 10.5. The summed E-state index contributed by atoms with van der Waals surface area (Å²) in [5.41, 5.74) is 1.77. The van der Waals surface area contributed by atoms with Crippen LogP contribution in [-0.2, 0) is 16.0 Å². The lowest BCUT2D eigenvalue weighted by molar-refractivity contribution is -0.132. The number of fused-ring (bicyclic) bond motifs is 1. The summed E-state index contributed by atoms with van der Waals surface area (Å²) in [5, 5.41) is 5.17. The van der Waals surface area contributed by atoms with Crippen LogP contribution in [-0.4, -0.2) is 61.4 Å². The second kappa shape index (κ2) is 9.62. The molecular weight excluding hydrogens is 390 g/mol. The Balaban J connectivity index is 1.27. The molecule has 0 radical (unpaired) electrons. The maximum absolute atomic E-state index is 12.6. The number of benzene rings is 3. The topological polar surface area (TPSA) is 61.9 Å². The number of nitrogens with zero attached hydrogens (tertiary/aromatic N) is 2. The van der Waals surface area contributed by atoms with Crippen LogP contribution in [0.25, 0.3) is 10.8 Å². The minimum atomic E-state index is -0.0347. The van der Waals surface area contributed by atoms with E-state index in [1.54, 1.807) is 7.11 Å². The fourth-order valence-electron chi connectivity index (χ4n) is 3.95. The molecule has 0 unspecified atom stereocenters. The predicted molar refractivity (Wildman–Crippen MR) is 122 cm³/mol. The first-order chi connectivity index (χ1) is 15.1. The number of ether oxygens (including phenoxy) is 1. The van der Waals surface area contributed by atoms with Crippen LogP contribution in [0.5, 0.6) is 5.75 Å². The van der Waals surface area contributed by atoms with Gasteiger partial charge in [-0.1, -0.05) is 48.5 Å². The Morgan fingerprint density at radius 1 is 0.935 bits per heavy atom. The van der Waals surface area contributed by atoms with Gasteiger partial charge in [-0.3, -0.25) is 14.5 Å². The van der Waals surface area contributed by atoms with Crippen molar-refractivity contribution < 1.29 is 14.3 Å². The molecule has 4 rings (SSSR count). The standard InChI is InChI=1S/C25H27N3O3/c1-31-21-9-4-6-19(16-21)17-25(30)28-14-12-27(13-15-28)18-24(29)26-23-11-5-8-20-7-2-3-10-22(20)23/h2-11,16H,12-15,17-18H2,1H3,(H,26,29). The van der Waals surface area contributed by atoms with Crippen LogP contribution < -0.4 is 10.1 Å². The number of nitrogens with one attached hydrogen (secondary N) is 1.